The second kappa shape index (κ2) is 9.38. The average Bonchev–Trinajstić information content (AvgIpc) is 2.63. The molecule has 1 aromatic rings. The number of allylic oxidation sites excluding steroid dienone is 3. The number of hydrogen-bond donors (Lipinski definition) is 4. The Bertz CT molecular complexity index is 646. The van der Waals surface area contributed by atoms with E-state index in [4.69, 9.17) is 11.1 Å². The number of benzene rings is 1. The summed E-state index contributed by atoms with van der Waals surface area (Å²) in [5.41, 5.74) is 11.3. The molecular formula is C20H27N3S. The largest absolute Gasteiger partial charge is 0.397 e. The molecule has 1 aliphatic carbocycles. The van der Waals surface area contributed by atoms with E-state index in [0.717, 1.165) is 24.1 Å². The van der Waals surface area contributed by atoms with Crippen LogP contribution >= 0.6 is 12.6 Å². The molecule has 1 aliphatic rings. The SMILES string of the molecule is C=C/C(C/C(=C/NCC1CCc2ccccc2C1)CS)=C(/N)C=N. The molecule has 4 N–H and O–H groups in total. The van der Waals surface area contributed by atoms with Crippen LogP contribution in [0.2, 0.25) is 0 Å². The number of nitrogens with one attached hydrogen (secondary N) is 2. The van der Waals surface area contributed by atoms with Crippen molar-refractivity contribution in [2.24, 2.45) is 11.7 Å². The van der Waals surface area contributed by atoms with Gasteiger partial charge in [-0.15, -0.1) is 0 Å². The lowest BCUT2D eigenvalue weighted by atomic mass is 9.84. The standard InChI is InChI=1S/C20H27N3S/c1-2-17(20(22)11-21)10-16(14-24)13-23-12-15-7-8-18-5-3-4-6-19(18)9-15/h2-6,11,13,15,21,23-24H,1,7-10,12,14,22H2/b16-13-,20-17-,21-11?. The molecule has 0 spiro atoms. The molecule has 0 saturated carbocycles. The molecule has 0 heterocycles. The highest BCUT2D eigenvalue weighted by atomic mass is 32.1. The van der Waals surface area contributed by atoms with E-state index in [0.29, 0.717) is 23.8 Å². The minimum absolute atomic E-state index is 0.460. The van der Waals surface area contributed by atoms with Crippen molar-refractivity contribution < 1.29 is 0 Å². The molecule has 1 aromatic carbocycles. The van der Waals surface area contributed by atoms with Crippen LogP contribution < -0.4 is 11.1 Å². The lowest BCUT2D eigenvalue weighted by Gasteiger charge is -2.24. The number of rotatable bonds is 8. The fourth-order valence-corrected chi connectivity index (χ4v) is 3.30. The summed E-state index contributed by atoms with van der Waals surface area (Å²) in [6, 6.07) is 8.75. The second-order valence-corrected chi connectivity index (χ2v) is 6.57. The lowest BCUT2D eigenvalue weighted by Crippen LogP contribution is -2.24. The predicted octanol–water partition coefficient (Wildman–Crippen LogP) is 3.63. The molecule has 24 heavy (non-hydrogen) atoms. The summed E-state index contributed by atoms with van der Waals surface area (Å²) in [7, 11) is 0. The van der Waals surface area contributed by atoms with E-state index in [-0.39, 0.29) is 0 Å². The van der Waals surface area contributed by atoms with Crippen LogP contribution in [-0.2, 0) is 12.8 Å². The molecule has 1 unspecified atom stereocenters. The number of fused-ring (bicyclic) bond motifs is 1. The van der Waals surface area contributed by atoms with E-state index in [1.54, 1.807) is 6.08 Å². The third-order valence-corrected chi connectivity index (χ3v) is 4.96. The van der Waals surface area contributed by atoms with Crippen molar-refractivity contribution in [1.82, 2.24) is 5.32 Å². The first-order valence-corrected chi connectivity index (χ1v) is 9.01. The van der Waals surface area contributed by atoms with Crippen LogP contribution in [-0.4, -0.2) is 18.5 Å². The van der Waals surface area contributed by atoms with Gasteiger partial charge in [0.25, 0.3) is 0 Å². The zero-order valence-electron chi connectivity index (χ0n) is 14.1. The number of thiol groups is 1. The van der Waals surface area contributed by atoms with Crippen molar-refractivity contribution >= 4 is 18.8 Å². The van der Waals surface area contributed by atoms with Crippen molar-refractivity contribution in [3.8, 4) is 0 Å². The Hall–Kier alpha value is -1.94. The minimum Gasteiger partial charge on any atom is -0.397 e. The fourth-order valence-electron chi connectivity index (χ4n) is 3.10. The Morgan fingerprint density at radius 2 is 2.12 bits per heavy atom. The summed E-state index contributed by atoms with van der Waals surface area (Å²) in [4.78, 5) is 0. The molecule has 1 atom stereocenters. The molecule has 4 heteroatoms. The van der Waals surface area contributed by atoms with Crippen molar-refractivity contribution in [3.05, 3.63) is 71.1 Å². The zero-order chi connectivity index (χ0) is 17.4. The van der Waals surface area contributed by atoms with Crippen molar-refractivity contribution in [3.63, 3.8) is 0 Å². The summed E-state index contributed by atoms with van der Waals surface area (Å²) in [6.45, 7) is 4.75. The van der Waals surface area contributed by atoms with Gasteiger partial charge in [0.1, 0.15) is 0 Å². The Balaban J connectivity index is 1.90. The van der Waals surface area contributed by atoms with Gasteiger partial charge in [-0.3, -0.25) is 0 Å². The van der Waals surface area contributed by atoms with Gasteiger partial charge in [-0.1, -0.05) is 36.9 Å². The molecule has 0 radical (unpaired) electrons. The molecule has 0 amide bonds. The van der Waals surface area contributed by atoms with E-state index >= 15 is 0 Å². The Kier molecular flexibility index (Phi) is 7.19. The van der Waals surface area contributed by atoms with Gasteiger partial charge in [-0.2, -0.15) is 12.6 Å². The van der Waals surface area contributed by atoms with E-state index < -0.39 is 0 Å². The topological polar surface area (TPSA) is 61.9 Å². The van der Waals surface area contributed by atoms with Gasteiger partial charge in [0.05, 0.1) is 5.70 Å². The molecule has 3 nitrogen and oxygen atoms in total. The van der Waals surface area contributed by atoms with Gasteiger partial charge in [0.15, 0.2) is 0 Å². The maximum absolute atomic E-state index is 7.27. The van der Waals surface area contributed by atoms with Gasteiger partial charge >= 0.3 is 0 Å². The maximum Gasteiger partial charge on any atom is 0.0528 e. The summed E-state index contributed by atoms with van der Waals surface area (Å²) in [5.74, 6) is 1.32. The highest BCUT2D eigenvalue weighted by Crippen LogP contribution is 2.25. The molecule has 0 aliphatic heterocycles. The summed E-state index contributed by atoms with van der Waals surface area (Å²) in [5, 5.41) is 10.7. The third kappa shape index (κ3) is 5.03. The van der Waals surface area contributed by atoms with Crippen molar-refractivity contribution in [2.45, 2.75) is 25.7 Å². The molecule has 0 fully saturated rings. The molecule has 0 saturated heterocycles. The van der Waals surface area contributed by atoms with Gasteiger partial charge in [-0.25, -0.2) is 0 Å². The van der Waals surface area contributed by atoms with Crippen LogP contribution in [0.15, 0.2) is 60.0 Å². The fraction of sp³-hybridized carbons (Fsp3) is 0.350. The number of nitrogens with two attached hydrogens (primary N) is 1. The van der Waals surface area contributed by atoms with E-state index in [9.17, 15) is 0 Å². The monoisotopic (exact) mass is 341 g/mol. The van der Waals surface area contributed by atoms with Crippen molar-refractivity contribution in [1.29, 1.82) is 5.41 Å². The summed E-state index contributed by atoms with van der Waals surface area (Å²) in [6.07, 6.45) is 9.15. The molecule has 0 bridgehead atoms. The van der Waals surface area contributed by atoms with Crippen LogP contribution in [0.4, 0.5) is 0 Å². The molecular weight excluding hydrogens is 314 g/mol. The molecule has 0 aromatic heterocycles. The summed E-state index contributed by atoms with van der Waals surface area (Å²) >= 11 is 4.40. The molecule has 128 valence electrons. The summed E-state index contributed by atoms with van der Waals surface area (Å²) < 4.78 is 0. The first-order chi connectivity index (χ1) is 11.7. The first-order valence-electron chi connectivity index (χ1n) is 8.38. The van der Waals surface area contributed by atoms with Crippen LogP contribution in [0.3, 0.4) is 0 Å². The Morgan fingerprint density at radius 1 is 1.38 bits per heavy atom. The third-order valence-electron chi connectivity index (χ3n) is 4.55. The van der Waals surface area contributed by atoms with Crippen LogP contribution in [0.1, 0.15) is 24.0 Å². The van der Waals surface area contributed by atoms with E-state index in [2.05, 4.69) is 48.8 Å². The van der Waals surface area contributed by atoms with E-state index in [1.807, 2.05) is 6.20 Å². The Morgan fingerprint density at radius 3 is 2.79 bits per heavy atom. The predicted molar refractivity (Wildman–Crippen MR) is 107 cm³/mol. The Labute approximate surface area is 150 Å². The van der Waals surface area contributed by atoms with Gasteiger partial charge in [0, 0.05) is 18.5 Å². The minimum atomic E-state index is 0.460. The van der Waals surface area contributed by atoms with Gasteiger partial charge in [0.2, 0.25) is 0 Å². The number of aryl methyl sites for hydroxylation is 1. The van der Waals surface area contributed by atoms with Crippen LogP contribution in [0.25, 0.3) is 0 Å². The zero-order valence-corrected chi connectivity index (χ0v) is 15.0. The normalized spacial score (nSPS) is 18.4. The lowest BCUT2D eigenvalue weighted by molar-refractivity contribution is 0.446. The smallest absolute Gasteiger partial charge is 0.0528 e. The quantitative estimate of drug-likeness (QED) is 0.331. The van der Waals surface area contributed by atoms with Crippen LogP contribution in [0, 0.1) is 11.3 Å². The highest BCUT2D eigenvalue weighted by Gasteiger charge is 2.17. The highest BCUT2D eigenvalue weighted by molar-refractivity contribution is 7.80. The van der Waals surface area contributed by atoms with Crippen LogP contribution in [0.5, 0.6) is 0 Å². The second-order valence-electron chi connectivity index (χ2n) is 6.25. The maximum atomic E-state index is 7.27. The van der Waals surface area contributed by atoms with Gasteiger partial charge in [-0.05, 0) is 60.1 Å². The van der Waals surface area contributed by atoms with Crippen molar-refractivity contribution in [2.75, 3.05) is 12.3 Å². The average molecular weight is 342 g/mol. The molecule has 2 rings (SSSR count). The number of hydrogen-bond acceptors (Lipinski definition) is 4. The van der Waals surface area contributed by atoms with Gasteiger partial charge < -0.3 is 16.5 Å². The van der Waals surface area contributed by atoms with E-state index in [1.165, 1.54) is 30.2 Å². The first kappa shape index (κ1) is 18.4.